The first kappa shape index (κ1) is 34.8. The second kappa shape index (κ2) is 11.9. The van der Waals surface area contributed by atoms with Gasteiger partial charge < -0.3 is 33.3 Å². The topological polar surface area (TPSA) is 203 Å². The van der Waals surface area contributed by atoms with E-state index in [9.17, 15) is 28.8 Å². The van der Waals surface area contributed by atoms with Crippen molar-refractivity contribution in [3.8, 4) is 0 Å². The maximum Gasteiger partial charge on any atom is 0.424 e. The van der Waals surface area contributed by atoms with Crippen molar-refractivity contribution < 1.29 is 56.8 Å². The molecule has 1 aromatic rings. The number of hydrogen-bond donors (Lipinski definition) is 2. The summed E-state index contributed by atoms with van der Waals surface area (Å²) in [6, 6.07) is 0. The van der Waals surface area contributed by atoms with Crippen LogP contribution in [0.1, 0.15) is 67.9 Å². The van der Waals surface area contributed by atoms with E-state index >= 15 is 0 Å². The molecule has 0 aliphatic carbocycles. The van der Waals surface area contributed by atoms with Gasteiger partial charge in [0.15, 0.2) is 24.7 Å². The van der Waals surface area contributed by atoms with Gasteiger partial charge in [-0.05, 0) is 68.7 Å². The van der Waals surface area contributed by atoms with Crippen molar-refractivity contribution in [2.75, 3.05) is 23.7 Å². The van der Waals surface area contributed by atoms with Crippen LogP contribution in [-0.4, -0.2) is 87.9 Å². The van der Waals surface area contributed by atoms with Gasteiger partial charge in [0.05, 0.1) is 11.7 Å². The van der Waals surface area contributed by atoms with E-state index in [1.165, 1.54) is 0 Å². The van der Waals surface area contributed by atoms with E-state index in [1.54, 1.807) is 62.3 Å². The van der Waals surface area contributed by atoms with Crippen LogP contribution in [0.3, 0.4) is 0 Å². The standard InChI is InChI=1S/C27H41N4O13P/c1-25(2,3)41-22(34)29-21-28-17-14(18(33)31(21)24(36)43-27(7,8)9)11-13-15(32)16-20(39-12-45(37,38-10)44-16)40-19(13)30(17)23(35)42-26(4,5)6/h13,15-16,19-20,32H,11-12H2,1-10H3,(H,28,29,34)/t13-,15+,16+,19+,20-,45?/m0/s1. The molecule has 1 aromatic heterocycles. The van der Waals surface area contributed by atoms with Crippen LogP contribution in [0.25, 0.3) is 0 Å². The zero-order chi connectivity index (χ0) is 33.9. The third kappa shape index (κ3) is 7.67. The molecule has 0 bridgehead atoms. The molecular formula is C27H41N4O13P. The van der Waals surface area contributed by atoms with E-state index in [0.29, 0.717) is 4.57 Å². The Balaban J connectivity index is 1.90. The minimum atomic E-state index is -3.74. The highest BCUT2D eigenvalue weighted by molar-refractivity contribution is 7.53. The normalized spacial score (nSPS) is 28.2. The van der Waals surface area contributed by atoms with E-state index in [1.807, 2.05) is 0 Å². The van der Waals surface area contributed by atoms with Gasteiger partial charge in [0.25, 0.3) is 5.56 Å². The number of aliphatic hydroxyl groups excluding tert-OH is 1. The maximum absolute atomic E-state index is 14.1. The Morgan fingerprint density at radius 3 is 2.11 bits per heavy atom. The number of carbonyl (C=O) groups excluding carboxylic acids is 3. The van der Waals surface area contributed by atoms with Crippen molar-refractivity contribution in [2.45, 2.75) is 110 Å². The maximum atomic E-state index is 14.1. The molecule has 2 N–H and O–H groups in total. The predicted octanol–water partition coefficient (Wildman–Crippen LogP) is 3.54. The molecule has 0 spiro atoms. The molecule has 17 nitrogen and oxygen atoms in total. The SMILES string of the molecule is COP1(=O)CO[C@H]2O[C@@H]3[C@@H](Cc4c(nc(NC(=O)OC(C)(C)C)n(C(=O)OC(C)(C)C)c4=O)N3C(=O)OC(C)(C)C)[C@@H](O)[C@H]2O1. The molecule has 252 valence electrons. The third-order valence-corrected chi connectivity index (χ3v) is 8.08. The number of aliphatic hydroxyl groups is 1. The molecule has 0 radical (unpaired) electrons. The monoisotopic (exact) mass is 660 g/mol. The summed E-state index contributed by atoms with van der Waals surface area (Å²) >= 11 is 0. The highest BCUT2D eigenvalue weighted by Gasteiger charge is 2.57. The highest BCUT2D eigenvalue weighted by Crippen LogP contribution is 2.55. The number of aromatic nitrogens is 2. The average molecular weight is 661 g/mol. The van der Waals surface area contributed by atoms with Crippen LogP contribution in [-0.2, 0) is 43.7 Å². The Labute approximate surface area is 259 Å². The zero-order valence-electron chi connectivity index (χ0n) is 26.9. The van der Waals surface area contributed by atoms with Gasteiger partial charge in [-0.2, -0.15) is 9.55 Å². The number of hydrogen-bond acceptors (Lipinski definition) is 14. The Kier molecular flexibility index (Phi) is 9.23. The van der Waals surface area contributed by atoms with Crippen LogP contribution in [0.4, 0.5) is 26.1 Å². The van der Waals surface area contributed by atoms with Crippen molar-refractivity contribution in [3.63, 3.8) is 0 Å². The summed E-state index contributed by atoms with van der Waals surface area (Å²) in [5.41, 5.74) is -4.26. The van der Waals surface area contributed by atoms with Gasteiger partial charge in [-0.1, -0.05) is 0 Å². The van der Waals surface area contributed by atoms with E-state index in [-0.39, 0.29) is 17.8 Å². The second-order valence-corrected chi connectivity index (χ2v) is 15.8. The summed E-state index contributed by atoms with van der Waals surface area (Å²) in [5.74, 6) is -2.02. The largest absolute Gasteiger partial charge is 0.444 e. The minimum Gasteiger partial charge on any atom is -0.444 e. The lowest BCUT2D eigenvalue weighted by atomic mass is 9.84. The molecule has 4 heterocycles. The van der Waals surface area contributed by atoms with Gasteiger partial charge in [-0.3, -0.25) is 19.2 Å². The van der Waals surface area contributed by atoms with Gasteiger partial charge in [0, 0.05) is 13.0 Å². The molecule has 2 fully saturated rings. The molecule has 18 heteroatoms. The summed E-state index contributed by atoms with van der Waals surface area (Å²) in [7, 11) is -2.58. The van der Waals surface area contributed by atoms with E-state index in [0.717, 1.165) is 12.0 Å². The summed E-state index contributed by atoms with van der Waals surface area (Å²) < 4.78 is 51.8. The lowest BCUT2D eigenvalue weighted by molar-refractivity contribution is -0.288. The van der Waals surface area contributed by atoms with Gasteiger partial charge in [0.1, 0.15) is 22.9 Å². The molecule has 4 rings (SSSR count). The van der Waals surface area contributed by atoms with Gasteiger partial charge in [-0.15, -0.1) is 0 Å². The number of ether oxygens (including phenoxy) is 5. The average Bonchev–Trinajstić information content (AvgIpc) is 2.85. The summed E-state index contributed by atoms with van der Waals surface area (Å²) in [6.45, 7) is 14.4. The smallest absolute Gasteiger partial charge is 0.424 e. The number of nitrogens with one attached hydrogen (secondary N) is 1. The van der Waals surface area contributed by atoms with Crippen LogP contribution in [0.5, 0.6) is 0 Å². The first-order valence-electron chi connectivity index (χ1n) is 14.2. The fourth-order valence-electron chi connectivity index (χ4n) is 4.82. The Bertz CT molecular complexity index is 1460. The number of nitrogens with zero attached hydrogens (tertiary/aromatic N) is 3. The zero-order valence-corrected chi connectivity index (χ0v) is 27.8. The summed E-state index contributed by atoms with van der Waals surface area (Å²) in [5, 5.41) is 13.8. The van der Waals surface area contributed by atoms with Gasteiger partial charge in [-0.25, -0.2) is 19.3 Å². The molecule has 6 atom stereocenters. The Hall–Kier alpha value is -3.08. The highest BCUT2D eigenvalue weighted by atomic mass is 31.2. The molecule has 45 heavy (non-hydrogen) atoms. The van der Waals surface area contributed by atoms with Crippen LogP contribution in [0.2, 0.25) is 0 Å². The van der Waals surface area contributed by atoms with Crippen LogP contribution < -0.4 is 15.8 Å². The molecule has 3 aliphatic heterocycles. The first-order chi connectivity index (χ1) is 20.5. The van der Waals surface area contributed by atoms with Crippen LogP contribution in [0, 0.1) is 5.92 Å². The molecule has 0 aromatic carbocycles. The van der Waals surface area contributed by atoms with E-state index in [2.05, 4.69) is 10.3 Å². The lowest BCUT2D eigenvalue weighted by Crippen LogP contribution is -2.66. The fourth-order valence-corrected chi connectivity index (χ4v) is 6.00. The molecular weight excluding hydrogens is 619 g/mol. The molecule has 3 aliphatic rings. The predicted molar refractivity (Wildman–Crippen MR) is 156 cm³/mol. The van der Waals surface area contributed by atoms with Crippen molar-refractivity contribution in [1.29, 1.82) is 0 Å². The number of carbonyl (C=O) groups is 3. The fraction of sp³-hybridized carbons (Fsp3) is 0.741. The minimum absolute atomic E-state index is 0.213. The van der Waals surface area contributed by atoms with Gasteiger partial charge >= 0.3 is 25.9 Å². The van der Waals surface area contributed by atoms with Crippen molar-refractivity contribution in [3.05, 3.63) is 15.9 Å². The quantitative estimate of drug-likeness (QED) is 0.344. The van der Waals surface area contributed by atoms with Crippen LogP contribution in [0.15, 0.2) is 4.79 Å². The lowest BCUT2D eigenvalue weighted by Gasteiger charge is -2.51. The Morgan fingerprint density at radius 1 is 0.978 bits per heavy atom. The number of fused-ring (bicyclic) bond motifs is 3. The van der Waals surface area contributed by atoms with Crippen LogP contribution >= 0.6 is 7.60 Å². The van der Waals surface area contributed by atoms with Gasteiger partial charge in [0.2, 0.25) is 5.95 Å². The molecule has 0 saturated carbocycles. The summed E-state index contributed by atoms with van der Waals surface area (Å²) in [4.78, 5) is 59.3. The number of rotatable bonds is 2. The van der Waals surface area contributed by atoms with E-state index < -0.39 is 91.2 Å². The second-order valence-electron chi connectivity index (χ2n) is 13.7. The first-order valence-corrected chi connectivity index (χ1v) is 15.9. The molecule has 1 unspecified atom stereocenters. The van der Waals surface area contributed by atoms with Crippen molar-refractivity contribution in [1.82, 2.24) is 9.55 Å². The van der Waals surface area contributed by atoms with Crippen molar-refractivity contribution in [2.24, 2.45) is 5.92 Å². The molecule has 2 amide bonds. The molecule has 2 saturated heterocycles. The van der Waals surface area contributed by atoms with E-state index in [4.69, 9.17) is 32.7 Å². The summed E-state index contributed by atoms with van der Waals surface area (Å²) in [6.07, 6.45) is -9.50. The number of amides is 2. The van der Waals surface area contributed by atoms with Crippen molar-refractivity contribution >= 4 is 37.6 Å². The Morgan fingerprint density at radius 2 is 1.56 bits per heavy atom. The third-order valence-electron chi connectivity index (χ3n) is 6.50. The number of anilines is 2.